The van der Waals surface area contributed by atoms with Crippen LogP contribution in [0.5, 0.6) is 11.5 Å². The maximum atomic E-state index is 12.3. The second-order valence-electron chi connectivity index (χ2n) is 6.24. The number of ether oxygens (including phenoxy) is 2. The summed E-state index contributed by atoms with van der Waals surface area (Å²) in [5, 5.41) is 27.4. The summed E-state index contributed by atoms with van der Waals surface area (Å²) < 4.78 is 10.0. The van der Waals surface area contributed by atoms with Crippen molar-refractivity contribution >= 4 is 35.8 Å². The van der Waals surface area contributed by atoms with Gasteiger partial charge in [-0.3, -0.25) is 0 Å². The molecule has 158 valence electrons. The van der Waals surface area contributed by atoms with Crippen LogP contribution in [0.2, 0.25) is 0 Å². The number of allylic oxidation sites excluding steroid dienone is 2. The number of aromatic hydroxyl groups is 1. The van der Waals surface area contributed by atoms with Gasteiger partial charge >= 0.3 is 18.1 Å². The second-order valence-corrected chi connectivity index (χ2v) is 6.67. The molecule has 9 heteroatoms. The first kappa shape index (κ1) is 21.7. The number of benzene rings is 2. The molecule has 1 unspecified atom stereocenters. The van der Waals surface area contributed by atoms with Gasteiger partial charge in [-0.15, -0.1) is 11.6 Å². The van der Waals surface area contributed by atoms with Gasteiger partial charge in [0.15, 0.2) is 0 Å². The van der Waals surface area contributed by atoms with Crippen LogP contribution in [0.25, 0.3) is 6.08 Å². The summed E-state index contributed by atoms with van der Waals surface area (Å²) in [5.41, 5.74) is 0.113. The van der Waals surface area contributed by atoms with Crippen LogP contribution < -0.4 is 4.74 Å². The van der Waals surface area contributed by atoms with Gasteiger partial charge in [-0.25, -0.2) is 14.4 Å². The van der Waals surface area contributed by atoms with Gasteiger partial charge in [-0.2, -0.15) is 0 Å². The number of rotatable bonds is 5. The lowest BCUT2D eigenvalue weighted by Crippen LogP contribution is -2.23. The van der Waals surface area contributed by atoms with E-state index in [-0.39, 0.29) is 22.6 Å². The first-order valence-corrected chi connectivity index (χ1v) is 9.22. The number of hydrogen-bond acceptors (Lipinski definition) is 6. The smallest absolute Gasteiger partial charge is 0.507 e. The van der Waals surface area contributed by atoms with Crippen LogP contribution in [0.1, 0.15) is 15.9 Å². The third-order valence-electron chi connectivity index (χ3n) is 4.22. The number of carboxylic acids is 2. The van der Waals surface area contributed by atoms with Crippen LogP contribution in [0.4, 0.5) is 4.79 Å². The Kier molecular flexibility index (Phi) is 6.42. The zero-order chi connectivity index (χ0) is 22.5. The van der Waals surface area contributed by atoms with Gasteiger partial charge in [0.2, 0.25) is 0 Å². The van der Waals surface area contributed by atoms with Gasteiger partial charge in [-0.05, 0) is 35.9 Å². The largest absolute Gasteiger partial charge is 0.519 e. The molecule has 0 amide bonds. The van der Waals surface area contributed by atoms with Crippen molar-refractivity contribution in [1.82, 2.24) is 0 Å². The van der Waals surface area contributed by atoms with E-state index < -0.39 is 29.2 Å². The Hall–Kier alpha value is -4.04. The molecule has 0 saturated carbocycles. The number of hydrogen-bond donors (Lipinski definition) is 3. The van der Waals surface area contributed by atoms with Crippen molar-refractivity contribution in [1.29, 1.82) is 0 Å². The molecular weight excluding hydrogens is 428 g/mol. The van der Waals surface area contributed by atoms with Crippen LogP contribution in [-0.2, 0) is 9.53 Å². The van der Waals surface area contributed by atoms with Gasteiger partial charge in [0.25, 0.3) is 0 Å². The fraction of sp³-hybridized carbons (Fsp3) is 0.0455. The second kappa shape index (κ2) is 9.19. The Bertz CT molecular complexity index is 1150. The molecule has 0 saturated heterocycles. The molecule has 2 aromatic rings. The van der Waals surface area contributed by atoms with Gasteiger partial charge in [0.05, 0.1) is 5.57 Å². The summed E-state index contributed by atoms with van der Waals surface area (Å²) in [6.07, 6.45) is 2.77. The normalized spacial score (nSPS) is 16.8. The monoisotopic (exact) mass is 442 g/mol. The van der Waals surface area contributed by atoms with Crippen molar-refractivity contribution < 1.29 is 39.2 Å². The molecule has 3 N–H and O–H groups in total. The molecule has 0 spiro atoms. The number of phenols is 1. The van der Waals surface area contributed by atoms with Crippen molar-refractivity contribution in [2.45, 2.75) is 5.38 Å². The molecule has 1 aliphatic carbocycles. The van der Waals surface area contributed by atoms with Crippen LogP contribution >= 0.6 is 11.6 Å². The minimum Gasteiger partial charge on any atom is -0.507 e. The van der Waals surface area contributed by atoms with Gasteiger partial charge in [-0.1, -0.05) is 36.4 Å². The molecule has 1 atom stereocenters. The van der Waals surface area contributed by atoms with Gasteiger partial charge in [0, 0.05) is 5.56 Å². The Morgan fingerprint density at radius 3 is 2.26 bits per heavy atom. The van der Waals surface area contributed by atoms with E-state index in [1.165, 1.54) is 48.6 Å². The van der Waals surface area contributed by atoms with Crippen molar-refractivity contribution in [2.24, 2.45) is 0 Å². The predicted octanol–water partition coefficient (Wildman–Crippen LogP) is 4.21. The Balaban J connectivity index is 1.89. The standard InChI is InChI=1S/C22H15ClO8/c23-18-13(11-12-5-1-3-7-16(12)24)9-10-15(21(27)28)19(18)31-22(29)30-17-8-4-2-6-14(17)20(25)26/h1-11,18,24H,(H,25,26)(H,27,28). The molecule has 3 rings (SSSR count). The zero-order valence-corrected chi connectivity index (χ0v) is 16.4. The molecule has 31 heavy (non-hydrogen) atoms. The van der Waals surface area contributed by atoms with E-state index >= 15 is 0 Å². The van der Waals surface area contributed by atoms with E-state index in [1.54, 1.807) is 18.2 Å². The Morgan fingerprint density at radius 1 is 0.903 bits per heavy atom. The summed E-state index contributed by atoms with van der Waals surface area (Å²) in [6.45, 7) is 0. The average molecular weight is 443 g/mol. The molecule has 2 aromatic carbocycles. The van der Waals surface area contributed by atoms with E-state index in [0.29, 0.717) is 11.1 Å². The minimum atomic E-state index is -1.39. The van der Waals surface area contributed by atoms with Crippen molar-refractivity contribution in [2.75, 3.05) is 0 Å². The number of carboxylic acid groups (broad SMARTS) is 2. The number of alkyl halides is 1. The molecule has 0 heterocycles. The van der Waals surface area contributed by atoms with Crippen LogP contribution in [-0.4, -0.2) is 38.8 Å². The molecule has 0 radical (unpaired) electrons. The lowest BCUT2D eigenvalue weighted by Gasteiger charge is -2.21. The zero-order valence-electron chi connectivity index (χ0n) is 15.7. The number of carbonyl (C=O) groups is 3. The maximum absolute atomic E-state index is 12.3. The lowest BCUT2D eigenvalue weighted by atomic mass is 9.97. The highest BCUT2D eigenvalue weighted by molar-refractivity contribution is 6.25. The van der Waals surface area contributed by atoms with Gasteiger partial charge < -0.3 is 24.8 Å². The minimum absolute atomic E-state index is 0.0209. The highest BCUT2D eigenvalue weighted by atomic mass is 35.5. The number of halogens is 1. The topological polar surface area (TPSA) is 130 Å². The van der Waals surface area contributed by atoms with E-state index in [0.717, 1.165) is 0 Å². The Morgan fingerprint density at radius 2 is 1.58 bits per heavy atom. The van der Waals surface area contributed by atoms with Crippen molar-refractivity contribution in [3.63, 3.8) is 0 Å². The highest BCUT2D eigenvalue weighted by Gasteiger charge is 2.30. The predicted molar refractivity (Wildman–Crippen MR) is 110 cm³/mol. The van der Waals surface area contributed by atoms with E-state index in [4.69, 9.17) is 21.1 Å². The summed E-state index contributed by atoms with van der Waals surface area (Å²) in [4.78, 5) is 35.1. The average Bonchev–Trinajstić information content (AvgIpc) is 2.72. The number of aromatic carboxylic acids is 1. The molecule has 0 fully saturated rings. The van der Waals surface area contributed by atoms with E-state index in [1.807, 2.05) is 0 Å². The molecule has 0 aromatic heterocycles. The number of carbonyl (C=O) groups excluding carboxylic acids is 1. The van der Waals surface area contributed by atoms with Crippen LogP contribution in [0, 0.1) is 0 Å². The fourth-order valence-electron chi connectivity index (χ4n) is 2.76. The van der Waals surface area contributed by atoms with Gasteiger partial charge in [0.1, 0.15) is 28.2 Å². The molecule has 8 nitrogen and oxygen atoms in total. The summed E-state index contributed by atoms with van der Waals surface area (Å²) >= 11 is 6.37. The summed E-state index contributed by atoms with van der Waals surface area (Å²) in [5.74, 6) is -3.42. The summed E-state index contributed by atoms with van der Waals surface area (Å²) in [7, 11) is 0. The van der Waals surface area contributed by atoms with Crippen LogP contribution in [0.15, 0.2) is 77.6 Å². The first-order chi connectivity index (χ1) is 14.8. The number of phenolic OH excluding ortho intramolecular Hbond substituents is 1. The molecule has 0 bridgehead atoms. The molecule has 1 aliphatic rings. The number of aliphatic carboxylic acids is 1. The van der Waals surface area contributed by atoms with E-state index in [2.05, 4.69) is 0 Å². The number of para-hydroxylation sites is 2. The Labute approximate surface area is 180 Å². The molecular formula is C22H15ClO8. The molecule has 0 aliphatic heterocycles. The van der Waals surface area contributed by atoms with Crippen molar-refractivity contribution in [3.05, 3.63) is 88.7 Å². The quantitative estimate of drug-likeness (QED) is 0.356. The van der Waals surface area contributed by atoms with Crippen molar-refractivity contribution in [3.8, 4) is 11.5 Å². The fourth-order valence-corrected chi connectivity index (χ4v) is 3.06. The highest BCUT2D eigenvalue weighted by Crippen LogP contribution is 2.33. The third-order valence-corrected chi connectivity index (χ3v) is 4.67. The first-order valence-electron chi connectivity index (χ1n) is 8.79. The van der Waals surface area contributed by atoms with Crippen LogP contribution in [0.3, 0.4) is 0 Å². The summed E-state index contributed by atoms with van der Waals surface area (Å²) in [6, 6.07) is 11.8. The lowest BCUT2D eigenvalue weighted by molar-refractivity contribution is -0.132. The SMILES string of the molecule is O=C(OC1=C(C(=O)O)C=CC(=Cc2ccccc2O)C1Cl)Oc1ccccc1C(=O)O. The maximum Gasteiger partial charge on any atom is 0.519 e. The third kappa shape index (κ3) is 4.93. The van der Waals surface area contributed by atoms with E-state index in [9.17, 15) is 29.7 Å².